The first-order valence-corrected chi connectivity index (χ1v) is 5.91. The van der Waals surface area contributed by atoms with E-state index >= 15 is 0 Å². The Bertz CT molecular complexity index is 304. The van der Waals surface area contributed by atoms with Crippen LogP contribution in [0.1, 0.15) is 19.8 Å². The van der Waals surface area contributed by atoms with Crippen LogP contribution in [0.2, 0.25) is 0 Å². The number of carbonyl (C=O) groups is 2. The van der Waals surface area contributed by atoms with E-state index in [4.69, 9.17) is 10.5 Å². The lowest BCUT2D eigenvalue weighted by atomic mass is 9.83. The van der Waals surface area contributed by atoms with Crippen molar-refractivity contribution in [3.8, 4) is 0 Å². The van der Waals surface area contributed by atoms with Crippen LogP contribution in [-0.2, 0) is 9.53 Å². The fourth-order valence-electron chi connectivity index (χ4n) is 2.19. The first kappa shape index (κ1) is 13.5. The predicted molar refractivity (Wildman–Crippen MR) is 64.2 cm³/mol. The van der Waals surface area contributed by atoms with Crippen molar-refractivity contribution in [2.45, 2.75) is 19.8 Å². The topological polar surface area (TPSA) is 72.6 Å². The molecule has 5 nitrogen and oxygen atoms in total. The maximum atomic E-state index is 11.4. The summed E-state index contributed by atoms with van der Waals surface area (Å²) in [5, 5.41) is 0. The molecule has 1 aliphatic heterocycles. The molecule has 0 aromatic heterocycles. The van der Waals surface area contributed by atoms with Crippen molar-refractivity contribution in [2.24, 2.45) is 17.6 Å². The largest absolute Gasteiger partial charge is 0.466 e. The Morgan fingerprint density at radius 1 is 1.59 bits per heavy atom. The zero-order valence-electron chi connectivity index (χ0n) is 10.2. The van der Waals surface area contributed by atoms with E-state index in [1.165, 1.54) is 0 Å². The highest BCUT2D eigenvalue weighted by Crippen LogP contribution is 2.27. The molecule has 1 fully saturated rings. The molecular weight excluding hydrogens is 220 g/mol. The second-order valence-electron chi connectivity index (χ2n) is 4.24. The molecule has 2 atom stereocenters. The lowest BCUT2D eigenvalue weighted by molar-refractivity contribution is -0.144. The molecule has 0 aromatic rings. The number of rotatable bonds is 4. The van der Waals surface area contributed by atoms with Crippen molar-refractivity contribution in [1.29, 1.82) is 0 Å². The second kappa shape index (κ2) is 6.27. The van der Waals surface area contributed by atoms with E-state index in [9.17, 15) is 9.59 Å². The van der Waals surface area contributed by atoms with Crippen LogP contribution in [0.5, 0.6) is 0 Å². The number of esters is 1. The average molecular weight is 240 g/mol. The minimum absolute atomic E-state index is 0.112. The molecule has 1 heterocycles. The minimum atomic E-state index is -0.411. The average Bonchev–Trinajstić information content (AvgIpc) is 2.29. The van der Waals surface area contributed by atoms with Crippen LogP contribution in [0.4, 0.5) is 4.79 Å². The van der Waals surface area contributed by atoms with Crippen molar-refractivity contribution in [2.75, 3.05) is 19.7 Å². The third-order valence-corrected chi connectivity index (χ3v) is 3.16. The van der Waals surface area contributed by atoms with E-state index in [0.29, 0.717) is 26.1 Å². The standard InChI is InChI=1S/C12H20N2O3/c1-3-9-8-14(12(13)16)6-5-10(9)7-11(15)17-4-2/h3,9-10H,1,4-8H2,2H3,(H2,13,16). The van der Waals surface area contributed by atoms with Crippen LogP contribution in [0.25, 0.3) is 0 Å². The van der Waals surface area contributed by atoms with Gasteiger partial charge in [-0.3, -0.25) is 4.79 Å². The molecule has 0 bridgehead atoms. The van der Waals surface area contributed by atoms with Gasteiger partial charge in [-0.05, 0) is 25.2 Å². The zero-order chi connectivity index (χ0) is 12.8. The summed E-state index contributed by atoms with van der Waals surface area (Å²) in [5.74, 6) is 0.125. The Hall–Kier alpha value is -1.52. The molecule has 2 amide bonds. The summed E-state index contributed by atoms with van der Waals surface area (Å²) < 4.78 is 4.93. The van der Waals surface area contributed by atoms with Crippen LogP contribution < -0.4 is 5.73 Å². The van der Waals surface area contributed by atoms with Crippen LogP contribution in [0.3, 0.4) is 0 Å². The number of nitrogens with two attached hydrogens (primary N) is 1. The van der Waals surface area contributed by atoms with Crippen molar-refractivity contribution in [1.82, 2.24) is 4.90 Å². The summed E-state index contributed by atoms with van der Waals surface area (Å²) in [6.07, 6.45) is 2.94. The molecule has 0 aromatic carbocycles. The van der Waals surface area contributed by atoms with Crippen LogP contribution in [0, 0.1) is 11.8 Å². The Morgan fingerprint density at radius 3 is 2.82 bits per heavy atom. The summed E-state index contributed by atoms with van der Waals surface area (Å²) in [6, 6.07) is -0.411. The van der Waals surface area contributed by atoms with Crippen LogP contribution in [0.15, 0.2) is 12.7 Å². The molecule has 2 N–H and O–H groups in total. The van der Waals surface area contributed by atoms with Gasteiger partial charge in [-0.2, -0.15) is 0 Å². The molecule has 0 saturated carbocycles. The van der Waals surface area contributed by atoms with Crippen molar-refractivity contribution < 1.29 is 14.3 Å². The van der Waals surface area contributed by atoms with Crippen molar-refractivity contribution in [3.63, 3.8) is 0 Å². The lowest BCUT2D eigenvalue weighted by Gasteiger charge is -2.35. The normalized spacial score (nSPS) is 24.2. The Morgan fingerprint density at radius 2 is 2.29 bits per heavy atom. The molecule has 96 valence electrons. The van der Waals surface area contributed by atoms with Gasteiger partial charge in [-0.15, -0.1) is 6.58 Å². The number of urea groups is 1. The fraction of sp³-hybridized carbons (Fsp3) is 0.667. The Kier molecular flexibility index (Phi) is 5.00. The monoisotopic (exact) mass is 240 g/mol. The molecule has 0 radical (unpaired) electrons. The summed E-state index contributed by atoms with van der Waals surface area (Å²) >= 11 is 0. The zero-order valence-corrected chi connectivity index (χ0v) is 10.2. The highest BCUT2D eigenvalue weighted by atomic mass is 16.5. The highest BCUT2D eigenvalue weighted by Gasteiger charge is 2.30. The van der Waals surface area contributed by atoms with E-state index in [2.05, 4.69) is 6.58 Å². The summed E-state index contributed by atoms with van der Waals surface area (Å²) in [4.78, 5) is 24.1. The third-order valence-electron chi connectivity index (χ3n) is 3.16. The minimum Gasteiger partial charge on any atom is -0.466 e. The first-order valence-electron chi connectivity index (χ1n) is 5.91. The van der Waals surface area contributed by atoms with E-state index < -0.39 is 6.03 Å². The first-order chi connectivity index (χ1) is 8.08. The van der Waals surface area contributed by atoms with Gasteiger partial charge in [-0.1, -0.05) is 6.08 Å². The SMILES string of the molecule is C=CC1CN(C(N)=O)CCC1CC(=O)OCC. The van der Waals surface area contributed by atoms with Gasteiger partial charge < -0.3 is 15.4 Å². The molecule has 17 heavy (non-hydrogen) atoms. The third kappa shape index (κ3) is 3.76. The van der Waals surface area contributed by atoms with Gasteiger partial charge in [0.1, 0.15) is 0 Å². The van der Waals surface area contributed by atoms with Gasteiger partial charge in [0, 0.05) is 19.5 Å². The maximum Gasteiger partial charge on any atom is 0.314 e. The highest BCUT2D eigenvalue weighted by molar-refractivity contribution is 5.72. The number of hydrogen-bond acceptors (Lipinski definition) is 3. The van der Waals surface area contributed by atoms with Gasteiger partial charge in [0.25, 0.3) is 0 Å². The van der Waals surface area contributed by atoms with E-state index in [0.717, 1.165) is 6.42 Å². The molecule has 1 rings (SSSR count). The summed E-state index contributed by atoms with van der Waals surface area (Å²) in [5.41, 5.74) is 5.24. The van der Waals surface area contributed by atoms with Gasteiger partial charge in [-0.25, -0.2) is 4.79 Å². The van der Waals surface area contributed by atoms with E-state index in [1.54, 1.807) is 17.9 Å². The number of primary amides is 1. The van der Waals surface area contributed by atoms with Gasteiger partial charge in [0.2, 0.25) is 0 Å². The summed E-state index contributed by atoms with van der Waals surface area (Å²) in [6.45, 7) is 7.09. The fourth-order valence-corrected chi connectivity index (χ4v) is 2.19. The van der Waals surface area contributed by atoms with E-state index in [-0.39, 0.29) is 17.8 Å². The maximum absolute atomic E-state index is 11.4. The quantitative estimate of drug-likeness (QED) is 0.591. The number of nitrogens with zero attached hydrogens (tertiary/aromatic N) is 1. The van der Waals surface area contributed by atoms with Gasteiger partial charge in [0.05, 0.1) is 6.61 Å². The van der Waals surface area contributed by atoms with Gasteiger partial charge >= 0.3 is 12.0 Å². The number of carbonyl (C=O) groups excluding carboxylic acids is 2. The van der Waals surface area contributed by atoms with Crippen molar-refractivity contribution >= 4 is 12.0 Å². The number of ether oxygens (including phenoxy) is 1. The molecule has 1 saturated heterocycles. The summed E-state index contributed by atoms with van der Waals surface area (Å²) in [7, 11) is 0. The molecular formula is C12H20N2O3. The Balaban J connectivity index is 2.54. The molecule has 2 unspecified atom stereocenters. The van der Waals surface area contributed by atoms with Gasteiger partial charge in [0.15, 0.2) is 0 Å². The van der Waals surface area contributed by atoms with Crippen molar-refractivity contribution in [3.05, 3.63) is 12.7 Å². The van der Waals surface area contributed by atoms with Crippen LogP contribution in [-0.4, -0.2) is 36.6 Å². The molecule has 0 aliphatic carbocycles. The van der Waals surface area contributed by atoms with Crippen LogP contribution >= 0.6 is 0 Å². The molecule has 5 heteroatoms. The number of piperidine rings is 1. The molecule has 1 aliphatic rings. The second-order valence-corrected chi connectivity index (χ2v) is 4.24. The Labute approximate surface area is 102 Å². The molecule has 0 spiro atoms. The predicted octanol–water partition coefficient (Wildman–Crippen LogP) is 1.14. The number of likely N-dealkylation sites (tertiary alicyclic amines) is 1. The lowest BCUT2D eigenvalue weighted by Crippen LogP contribution is -2.46. The number of amides is 2. The smallest absolute Gasteiger partial charge is 0.314 e. The number of hydrogen-bond donors (Lipinski definition) is 1. The van der Waals surface area contributed by atoms with E-state index in [1.807, 2.05) is 0 Å².